The summed E-state index contributed by atoms with van der Waals surface area (Å²) < 4.78 is 40.8. The molecule has 1 aliphatic carbocycles. The summed E-state index contributed by atoms with van der Waals surface area (Å²) in [7, 11) is -4.06. The molecule has 7 heteroatoms. The van der Waals surface area contributed by atoms with Gasteiger partial charge in [-0.25, -0.2) is 22.3 Å². The Morgan fingerprint density at radius 2 is 2.10 bits per heavy atom. The third-order valence-electron chi connectivity index (χ3n) is 3.73. The van der Waals surface area contributed by atoms with Crippen molar-refractivity contribution in [1.82, 2.24) is 4.72 Å². The maximum atomic E-state index is 13.7. The number of aromatic carboxylic acids is 1. The van der Waals surface area contributed by atoms with E-state index in [1.807, 2.05) is 6.92 Å². The van der Waals surface area contributed by atoms with Crippen molar-refractivity contribution in [3.05, 3.63) is 29.6 Å². The highest BCUT2D eigenvalue weighted by Crippen LogP contribution is 2.25. The van der Waals surface area contributed by atoms with E-state index in [-0.39, 0.29) is 11.6 Å². The quantitative estimate of drug-likeness (QED) is 0.893. The van der Waals surface area contributed by atoms with E-state index in [1.165, 1.54) is 0 Å². The van der Waals surface area contributed by atoms with Gasteiger partial charge in [0.05, 0.1) is 5.56 Å². The van der Waals surface area contributed by atoms with E-state index >= 15 is 0 Å². The van der Waals surface area contributed by atoms with Crippen LogP contribution in [-0.4, -0.2) is 25.5 Å². The van der Waals surface area contributed by atoms with E-state index in [9.17, 15) is 17.6 Å². The van der Waals surface area contributed by atoms with Crippen LogP contribution < -0.4 is 4.72 Å². The number of nitrogens with one attached hydrogen (secondary N) is 1. The fourth-order valence-electron chi connectivity index (χ4n) is 2.67. The molecule has 0 bridgehead atoms. The van der Waals surface area contributed by atoms with E-state index in [2.05, 4.69) is 4.72 Å². The minimum atomic E-state index is -4.06. The zero-order valence-corrected chi connectivity index (χ0v) is 12.5. The van der Waals surface area contributed by atoms with Gasteiger partial charge in [0.15, 0.2) is 0 Å². The summed E-state index contributed by atoms with van der Waals surface area (Å²) in [6, 6.07) is 2.53. The lowest BCUT2D eigenvalue weighted by atomic mass is 9.88. The molecule has 0 amide bonds. The lowest BCUT2D eigenvalue weighted by Crippen LogP contribution is -2.38. The van der Waals surface area contributed by atoms with Gasteiger partial charge in [0.25, 0.3) is 0 Å². The first-order valence-corrected chi connectivity index (χ1v) is 8.33. The summed E-state index contributed by atoms with van der Waals surface area (Å²) in [5.74, 6) is -1.82. The molecule has 1 aromatic rings. The van der Waals surface area contributed by atoms with E-state index in [0.29, 0.717) is 18.8 Å². The summed E-state index contributed by atoms with van der Waals surface area (Å²) in [5, 5.41) is 8.88. The normalized spacial score (nSPS) is 23.0. The van der Waals surface area contributed by atoms with Gasteiger partial charge in [0, 0.05) is 6.04 Å². The Balaban J connectivity index is 2.26. The van der Waals surface area contributed by atoms with Crippen LogP contribution in [0.25, 0.3) is 0 Å². The average molecular weight is 315 g/mol. The third-order valence-corrected chi connectivity index (χ3v) is 5.26. The highest BCUT2D eigenvalue weighted by molar-refractivity contribution is 7.89. The summed E-state index contributed by atoms with van der Waals surface area (Å²) in [5.41, 5.74) is -0.256. The second-order valence-corrected chi connectivity index (χ2v) is 7.22. The zero-order chi connectivity index (χ0) is 15.6. The second-order valence-electron chi connectivity index (χ2n) is 5.54. The first-order chi connectivity index (χ1) is 9.79. The molecule has 0 radical (unpaired) electrons. The molecule has 2 rings (SSSR count). The molecule has 2 atom stereocenters. The Morgan fingerprint density at radius 1 is 1.38 bits per heavy atom. The number of carboxylic acids is 1. The highest BCUT2D eigenvalue weighted by atomic mass is 32.2. The molecule has 0 saturated heterocycles. The summed E-state index contributed by atoms with van der Waals surface area (Å²) in [6.45, 7) is 2.05. The molecule has 0 aromatic heterocycles. The maximum Gasteiger partial charge on any atom is 0.335 e. The minimum Gasteiger partial charge on any atom is -0.478 e. The van der Waals surface area contributed by atoms with Crippen LogP contribution in [-0.2, 0) is 10.0 Å². The molecule has 1 aromatic carbocycles. The average Bonchev–Trinajstić information content (AvgIpc) is 2.38. The molecule has 5 nitrogen and oxygen atoms in total. The Labute approximate surface area is 123 Å². The lowest BCUT2D eigenvalue weighted by Gasteiger charge is -2.27. The smallest absolute Gasteiger partial charge is 0.335 e. The largest absolute Gasteiger partial charge is 0.478 e. The molecule has 0 aliphatic heterocycles. The van der Waals surface area contributed by atoms with Crippen LogP contribution in [0, 0.1) is 11.7 Å². The van der Waals surface area contributed by atoms with E-state index in [0.717, 1.165) is 31.0 Å². The van der Waals surface area contributed by atoms with Gasteiger partial charge in [0.1, 0.15) is 10.7 Å². The zero-order valence-electron chi connectivity index (χ0n) is 11.7. The first kappa shape index (κ1) is 15.9. The van der Waals surface area contributed by atoms with Gasteiger partial charge in [-0.2, -0.15) is 0 Å². The number of benzene rings is 1. The van der Waals surface area contributed by atoms with Gasteiger partial charge in [0.2, 0.25) is 10.0 Å². The van der Waals surface area contributed by atoms with Crippen molar-refractivity contribution >= 4 is 16.0 Å². The van der Waals surface area contributed by atoms with Crippen LogP contribution in [0.4, 0.5) is 4.39 Å². The predicted molar refractivity (Wildman–Crippen MR) is 75.1 cm³/mol. The van der Waals surface area contributed by atoms with Gasteiger partial charge >= 0.3 is 5.97 Å². The van der Waals surface area contributed by atoms with Crippen LogP contribution >= 0.6 is 0 Å². The molecule has 0 heterocycles. The number of carboxylic acid groups (broad SMARTS) is 1. The number of rotatable bonds is 4. The van der Waals surface area contributed by atoms with E-state index in [1.54, 1.807) is 0 Å². The van der Waals surface area contributed by atoms with Gasteiger partial charge in [-0.05, 0) is 37.0 Å². The number of hydrogen-bond acceptors (Lipinski definition) is 3. The van der Waals surface area contributed by atoms with Gasteiger partial charge in [-0.1, -0.05) is 19.8 Å². The highest BCUT2D eigenvalue weighted by Gasteiger charge is 2.27. The first-order valence-electron chi connectivity index (χ1n) is 6.85. The van der Waals surface area contributed by atoms with Gasteiger partial charge < -0.3 is 5.11 Å². The fraction of sp³-hybridized carbons (Fsp3) is 0.500. The number of carbonyl (C=O) groups is 1. The van der Waals surface area contributed by atoms with Crippen LogP contribution in [0.2, 0.25) is 0 Å². The van der Waals surface area contributed by atoms with E-state index < -0.39 is 26.7 Å². The third kappa shape index (κ3) is 3.79. The maximum absolute atomic E-state index is 13.7. The van der Waals surface area contributed by atoms with Gasteiger partial charge in [-0.15, -0.1) is 0 Å². The standard InChI is InChI=1S/C14H18FNO4S/c1-9-3-2-4-11(7-9)16-21(19,20)13-8-10(14(17)18)5-6-12(13)15/h5-6,8-9,11,16H,2-4,7H2,1H3,(H,17,18). The molecule has 2 unspecified atom stereocenters. The Bertz CT molecular complexity index is 644. The molecular formula is C14H18FNO4S. The topological polar surface area (TPSA) is 83.5 Å². The van der Waals surface area contributed by atoms with Crippen molar-refractivity contribution in [2.24, 2.45) is 5.92 Å². The Kier molecular flexibility index (Phi) is 4.63. The SMILES string of the molecule is CC1CCCC(NS(=O)(=O)c2cc(C(=O)O)ccc2F)C1. The van der Waals surface area contributed by atoms with Crippen molar-refractivity contribution in [2.75, 3.05) is 0 Å². The molecule has 116 valence electrons. The summed E-state index contributed by atoms with van der Waals surface area (Å²) in [4.78, 5) is 10.3. The minimum absolute atomic E-state index is 0.230. The number of halogens is 1. The van der Waals surface area contributed by atoms with Crippen molar-refractivity contribution < 1.29 is 22.7 Å². The second kappa shape index (κ2) is 6.11. The lowest BCUT2D eigenvalue weighted by molar-refractivity contribution is 0.0696. The number of sulfonamides is 1. The van der Waals surface area contributed by atoms with Crippen molar-refractivity contribution in [1.29, 1.82) is 0 Å². The van der Waals surface area contributed by atoms with Crippen molar-refractivity contribution in [3.8, 4) is 0 Å². The molecule has 1 saturated carbocycles. The fourth-order valence-corrected chi connectivity index (χ4v) is 4.05. The van der Waals surface area contributed by atoms with Crippen LogP contribution in [0.15, 0.2) is 23.1 Å². The Hall–Kier alpha value is -1.47. The van der Waals surface area contributed by atoms with Gasteiger partial charge in [-0.3, -0.25) is 0 Å². The molecule has 1 fully saturated rings. The van der Waals surface area contributed by atoms with Crippen LogP contribution in [0.3, 0.4) is 0 Å². The van der Waals surface area contributed by atoms with Crippen molar-refractivity contribution in [2.45, 2.75) is 43.5 Å². The summed E-state index contributed by atoms with van der Waals surface area (Å²) >= 11 is 0. The molecule has 21 heavy (non-hydrogen) atoms. The molecule has 2 N–H and O–H groups in total. The Morgan fingerprint density at radius 3 is 2.71 bits per heavy atom. The van der Waals surface area contributed by atoms with Crippen LogP contribution in [0.1, 0.15) is 43.0 Å². The molecule has 0 spiro atoms. The summed E-state index contributed by atoms with van der Waals surface area (Å²) in [6.07, 6.45) is 3.40. The van der Waals surface area contributed by atoms with E-state index in [4.69, 9.17) is 5.11 Å². The number of hydrogen-bond donors (Lipinski definition) is 2. The monoisotopic (exact) mass is 315 g/mol. The molecule has 1 aliphatic rings. The van der Waals surface area contributed by atoms with Crippen LogP contribution in [0.5, 0.6) is 0 Å². The molecular weight excluding hydrogens is 297 g/mol. The predicted octanol–water partition coefficient (Wildman–Crippen LogP) is 2.38. The van der Waals surface area contributed by atoms with Crippen molar-refractivity contribution in [3.63, 3.8) is 0 Å².